The van der Waals surface area contributed by atoms with Crippen LogP contribution in [0.15, 0.2) is 36.4 Å². The van der Waals surface area contributed by atoms with E-state index in [1.54, 1.807) is 32.2 Å². The molecule has 0 aliphatic carbocycles. The van der Waals surface area contributed by atoms with E-state index < -0.39 is 0 Å². The SMILES string of the molecule is CCC(=O)Nc1nc2c(OC)cc(NC(=O)c3ccc(C)cc3)cc2s1. The zero-order valence-corrected chi connectivity index (χ0v) is 15.6. The molecule has 0 bridgehead atoms. The summed E-state index contributed by atoms with van der Waals surface area (Å²) in [5.74, 6) is 0.237. The van der Waals surface area contributed by atoms with E-state index in [-0.39, 0.29) is 11.8 Å². The molecule has 0 aliphatic rings. The van der Waals surface area contributed by atoms with Crippen LogP contribution in [0.5, 0.6) is 5.75 Å². The fourth-order valence-electron chi connectivity index (χ4n) is 2.40. The normalized spacial score (nSPS) is 10.6. The van der Waals surface area contributed by atoms with Crippen LogP contribution in [0.25, 0.3) is 10.2 Å². The van der Waals surface area contributed by atoms with Crippen LogP contribution in [0, 0.1) is 6.92 Å². The lowest BCUT2D eigenvalue weighted by Gasteiger charge is -2.08. The summed E-state index contributed by atoms with van der Waals surface area (Å²) in [6, 6.07) is 10.9. The number of carbonyl (C=O) groups excluding carboxylic acids is 2. The number of fused-ring (bicyclic) bond motifs is 1. The van der Waals surface area contributed by atoms with Crippen LogP contribution in [-0.4, -0.2) is 23.9 Å². The first-order valence-electron chi connectivity index (χ1n) is 8.16. The zero-order valence-electron chi connectivity index (χ0n) is 14.8. The molecule has 0 saturated heterocycles. The summed E-state index contributed by atoms with van der Waals surface area (Å²) in [6.07, 6.45) is 0.380. The summed E-state index contributed by atoms with van der Waals surface area (Å²) >= 11 is 1.34. The molecule has 0 aliphatic heterocycles. The van der Waals surface area contributed by atoms with Gasteiger partial charge in [0.05, 0.1) is 11.8 Å². The average molecular weight is 369 g/mol. The molecule has 0 atom stereocenters. The lowest BCUT2D eigenvalue weighted by molar-refractivity contribution is -0.115. The van der Waals surface area contributed by atoms with Gasteiger partial charge in [-0.25, -0.2) is 4.98 Å². The number of hydrogen-bond donors (Lipinski definition) is 2. The van der Waals surface area contributed by atoms with Crippen LogP contribution in [0.4, 0.5) is 10.8 Å². The molecule has 0 radical (unpaired) electrons. The number of anilines is 2. The molecule has 6 nitrogen and oxygen atoms in total. The number of aromatic nitrogens is 1. The van der Waals surface area contributed by atoms with Crippen LogP contribution in [0.2, 0.25) is 0 Å². The number of nitrogens with one attached hydrogen (secondary N) is 2. The molecular weight excluding hydrogens is 350 g/mol. The van der Waals surface area contributed by atoms with Crippen molar-refractivity contribution in [3.8, 4) is 5.75 Å². The van der Waals surface area contributed by atoms with Crippen molar-refractivity contribution in [1.29, 1.82) is 0 Å². The topological polar surface area (TPSA) is 80.3 Å². The molecule has 134 valence electrons. The van der Waals surface area contributed by atoms with Crippen molar-refractivity contribution in [2.75, 3.05) is 17.7 Å². The second kappa shape index (κ2) is 7.53. The van der Waals surface area contributed by atoms with E-state index in [0.29, 0.717) is 34.1 Å². The van der Waals surface area contributed by atoms with Crippen molar-refractivity contribution < 1.29 is 14.3 Å². The number of hydrogen-bond acceptors (Lipinski definition) is 5. The molecule has 7 heteroatoms. The number of aryl methyl sites for hydroxylation is 1. The Kier molecular flexibility index (Phi) is 5.18. The fraction of sp³-hybridized carbons (Fsp3) is 0.211. The standard InChI is InChI=1S/C19H19N3O3S/c1-4-16(23)21-19-22-17-14(25-3)9-13(10-15(17)26-19)20-18(24)12-7-5-11(2)6-8-12/h5-10H,4H2,1-3H3,(H,20,24)(H,21,22,23). The lowest BCUT2D eigenvalue weighted by atomic mass is 10.1. The van der Waals surface area contributed by atoms with Gasteiger partial charge in [0.1, 0.15) is 11.3 Å². The first kappa shape index (κ1) is 17.9. The quantitative estimate of drug-likeness (QED) is 0.706. The van der Waals surface area contributed by atoms with Gasteiger partial charge >= 0.3 is 0 Å². The first-order valence-corrected chi connectivity index (χ1v) is 8.98. The van der Waals surface area contributed by atoms with Crippen molar-refractivity contribution in [3.05, 3.63) is 47.5 Å². The number of methoxy groups -OCH3 is 1. The molecular formula is C19H19N3O3S. The summed E-state index contributed by atoms with van der Waals surface area (Å²) < 4.78 is 6.21. The summed E-state index contributed by atoms with van der Waals surface area (Å²) in [4.78, 5) is 28.4. The van der Waals surface area contributed by atoms with Gasteiger partial charge in [0.25, 0.3) is 5.91 Å². The molecule has 1 aromatic heterocycles. The molecule has 2 amide bonds. The van der Waals surface area contributed by atoms with E-state index >= 15 is 0 Å². The van der Waals surface area contributed by atoms with E-state index in [1.807, 2.05) is 25.1 Å². The molecule has 0 saturated carbocycles. The van der Waals surface area contributed by atoms with E-state index in [1.165, 1.54) is 11.3 Å². The Morgan fingerprint density at radius 2 is 1.88 bits per heavy atom. The van der Waals surface area contributed by atoms with Gasteiger partial charge in [0, 0.05) is 23.7 Å². The van der Waals surface area contributed by atoms with Gasteiger partial charge in [-0.05, 0) is 25.1 Å². The first-order chi connectivity index (χ1) is 12.5. The Morgan fingerprint density at radius 1 is 1.15 bits per heavy atom. The fourth-order valence-corrected chi connectivity index (χ4v) is 3.33. The van der Waals surface area contributed by atoms with Crippen molar-refractivity contribution >= 4 is 44.2 Å². The number of thiazole rings is 1. The maximum absolute atomic E-state index is 12.4. The predicted molar refractivity (Wildman–Crippen MR) is 104 cm³/mol. The van der Waals surface area contributed by atoms with E-state index in [0.717, 1.165) is 10.3 Å². The number of ether oxygens (including phenoxy) is 1. The molecule has 0 unspecified atom stereocenters. The Hall–Kier alpha value is -2.93. The number of rotatable bonds is 5. The van der Waals surface area contributed by atoms with Gasteiger partial charge in [0.15, 0.2) is 5.13 Å². The van der Waals surface area contributed by atoms with Crippen LogP contribution < -0.4 is 15.4 Å². The summed E-state index contributed by atoms with van der Waals surface area (Å²) in [6.45, 7) is 3.75. The maximum Gasteiger partial charge on any atom is 0.255 e. The minimum absolute atomic E-state index is 0.101. The molecule has 3 aromatic rings. The minimum Gasteiger partial charge on any atom is -0.494 e. The molecule has 2 aromatic carbocycles. The molecule has 0 fully saturated rings. The van der Waals surface area contributed by atoms with Gasteiger partial charge < -0.3 is 15.4 Å². The highest BCUT2D eigenvalue weighted by Gasteiger charge is 2.14. The second-order valence-electron chi connectivity index (χ2n) is 5.77. The van der Waals surface area contributed by atoms with Crippen molar-refractivity contribution in [1.82, 2.24) is 4.98 Å². The van der Waals surface area contributed by atoms with Gasteiger partial charge in [-0.15, -0.1) is 0 Å². The third-order valence-corrected chi connectivity index (χ3v) is 4.74. The Labute approximate surface area is 155 Å². The zero-order chi connectivity index (χ0) is 18.7. The predicted octanol–water partition coefficient (Wildman–Crippen LogP) is 4.21. The summed E-state index contributed by atoms with van der Waals surface area (Å²) in [5.41, 5.74) is 2.93. The summed E-state index contributed by atoms with van der Waals surface area (Å²) in [7, 11) is 1.55. The van der Waals surface area contributed by atoms with E-state index in [9.17, 15) is 9.59 Å². The third-order valence-electron chi connectivity index (χ3n) is 3.82. The van der Waals surface area contributed by atoms with Crippen LogP contribution in [0.3, 0.4) is 0 Å². The Morgan fingerprint density at radius 3 is 2.54 bits per heavy atom. The third kappa shape index (κ3) is 3.83. The van der Waals surface area contributed by atoms with Gasteiger partial charge in [-0.3, -0.25) is 9.59 Å². The Balaban J connectivity index is 1.90. The molecule has 1 heterocycles. The number of amides is 2. The smallest absolute Gasteiger partial charge is 0.255 e. The number of benzene rings is 2. The van der Waals surface area contributed by atoms with Crippen LogP contribution in [0.1, 0.15) is 29.3 Å². The van der Waals surface area contributed by atoms with Crippen molar-refractivity contribution in [3.63, 3.8) is 0 Å². The van der Waals surface area contributed by atoms with Crippen LogP contribution in [-0.2, 0) is 4.79 Å². The number of carbonyl (C=O) groups is 2. The van der Waals surface area contributed by atoms with Crippen LogP contribution >= 0.6 is 11.3 Å². The van der Waals surface area contributed by atoms with Gasteiger partial charge in [-0.1, -0.05) is 36.0 Å². The Bertz CT molecular complexity index is 964. The second-order valence-corrected chi connectivity index (χ2v) is 6.80. The maximum atomic E-state index is 12.4. The molecule has 0 spiro atoms. The van der Waals surface area contributed by atoms with E-state index in [2.05, 4.69) is 15.6 Å². The monoisotopic (exact) mass is 369 g/mol. The highest BCUT2D eigenvalue weighted by atomic mass is 32.1. The highest BCUT2D eigenvalue weighted by molar-refractivity contribution is 7.22. The van der Waals surface area contributed by atoms with Crippen molar-refractivity contribution in [2.45, 2.75) is 20.3 Å². The van der Waals surface area contributed by atoms with Crippen molar-refractivity contribution in [2.24, 2.45) is 0 Å². The highest BCUT2D eigenvalue weighted by Crippen LogP contribution is 2.35. The van der Waals surface area contributed by atoms with E-state index in [4.69, 9.17) is 4.74 Å². The molecule has 3 rings (SSSR count). The van der Waals surface area contributed by atoms with Gasteiger partial charge in [-0.2, -0.15) is 0 Å². The average Bonchev–Trinajstić information content (AvgIpc) is 3.03. The largest absolute Gasteiger partial charge is 0.494 e. The lowest BCUT2D eigenvalue weighted by Crippen LogP contribution is -2.11. The number of nitrogens with zero attached hydrogens (tertiary/aromatic N) is 1. The summed E-state index contributed by atoms with van der Waals surface area (Å²) in [5, 5.41) is 6.13. The molecule has 2 N–H and O–H groups in total. The minimum atomic E-state index is -0.199. The van der Waals surface area contributed by atoms with Gasteiger partial charge in [0.2, 0.25) is 5.91 Å². The molecule has 26 heavy (non-hydrogen) atoms.